The number of carboxylic acids is 1. The molecule has 1 heterocycles. The van der Waals surface area contributed by atoms with Gasteiger partial charge in [-0.3, -0.25) is 4.68 Å². The lowest BCUT2D eigenvalue weighted by molar-refractivity contribution is -0.140. The molecule has 0 aromatic carbocycles. The Morgan fingerprint density at radius 1 is 1.50 bits per heavy atom. The second-order valence-corrected chi connectivity index (χ2v) is 3.45. The number of carboxylic acid groups (broad SMARTS) is 1. The predicted octanol–water partition coefficient (Wildman–Crippen LogP) is 1.76. The minimum absolute atomic E-state index is 0.524. The maximum Gasteiger partial charge on any atom is 0.437 e. The molecule has 0 saturated carbocycles. The standard InChI is InChI=1S/C8H10F3N3O2/c1-3(2)14-5(7(15)16)4(12)6(13-14)8(9,10)11/h3H,12H2,1-2H3,(H,15,16). The molecule has 90 valence electrons. The van der Waals surface area contributed by atoms with Crippen molar-refractivity contribution in [3.8, 4) is 0 Å². The van der Waals surface area contributed by atoms with Gasteiger partial charge in [-0.1, -0.05) is 0 Å². The lowest BCUT2D eigenvalue weighted by Crippen LogP contribution is -2.13. The zero-order chi connectivity index (χ0) is 12.7. The van der Waals surface area contributed by atoms with E-state index < -0.39 is 35.3 Å². The highest BCUT2D eigenvalue weighted by molar-refractivity contribution is 5.92. The number of hydrogen-bond donors (Lipinski definition) is 2. The van der Waals surface area contributed by atoms with E-state index in [-0.39, 0.29) is 0 Å². The molecule has 0 atom stereocenters. The Balaban J connectivity index is 3.48. The summed E-state index contributed by atoms with van der Waals surface area (Å²) in [6.07, 6.45) is -4.76. The van der Waals surface area contributed by atoms with E-state index in [1.807, 2.05) is 0 Å². The van der Waals surface area contributed by atoms with E-state index >= 15 is 0 Å². The van der Waals surface area contributed by atoms with Crippen LogP contribution in [0.1, 0.15) is 36.1 Å². The maximum absolute atomic E-state index is 12.4. The van der Waals surface area contributed by atoms with E-state index in [1.165, 1.54) is 13.8 Å². The SMILES string of the molecule is CC(C)n1nc(C(F)(F)F)c(N)c1C(=O)O. The first-order valence-electron chi connectivity index (χ1n) is 4.34. The van der Waals surface area contributed by atoms with Gasteiger partial charge in [-0.05, 0) is 13.8 Å². The predicted molar refractivity (Wildman–Crippen MR) is 49.0 cm³/mol. The number of halogens is 3. The van der Waals surface area contributed by atoms with E-state index in [4.69, 9.17) is 10.8 Å². The third-order valence-corrected chi connectivity index (χ3v) is 1.91. The third-order valence-electron chi connectivity index (χ3n) is 1.91. The van der Waals surface area contributed by atoms with Crippen LogP contribution in [-0.4, -0.2) is 20.9 Å². The molecule has 8 heteroatoms. The summed E-state index contributed by atoms with van der Waals surface area (Å²) in [5.74, 6) is -1.53. The Hall–Kier alpha value is -1.73. The molecule has 0 bridgehead atoms. The summed E-state index contributed by atoms with van der Waals surface area (Å²) in [5.41, 5.74) is 2.29. The van der Waals surface area contributed by atoms with Crippen LogP contribution in [0.15, 0.2) is 0 Å². The van der Waals surface area contributed by atoms with Crippen molar-refractivity contribution in [3.05, 3.63) is 11.4 Å². The van der Waals surface area contributed by atoms with Crippen molar-refractivity contribution < 1.29 is 23.1 Å². The number of aromatic carboxylic acids is 1. The lowest BCUT2D eigenvalue weighted by Gasteiger charge is -2.07. The number of anilines is 1. The molecule has 0 aliphatic rings. The molecule has 0 unspecified atom stereocenters. The highest BCUT2D eigenvalue weighted by Crippen LogP contribution is 2.35. The van der Waals surface area contributed by atoms with E-state index in [0.29, 0.717) is 0 Å². The first kappa shape index (κ1) is 12.3. The minimum atomic E-state index is -4.76. The number of alkyl halides is 3. The number of hydrogen-bond acceptors (Lipinski definition) is 3. The Bertz CT molecular complexity index is 423. The van der Waals surface area contributed by atoms with E-state index in [2.05, 4.69) is 5.10 Å². The molecule has 0 saturated heterocycles. The fourth-order valence-corrected chi connectivity index (χ4v) is 1.24. The van der Waals surface area contributed by atoms with Gasteiger partial charge >= 0.3 is 12.1 Å². The van der Waals surface area contributed by atoms with Crippen molar-refractivity contribution in [3.63, 3.8) is 0 Å². The van der Waals surface area contributed by atoms with Gasteiger partial charge in [0.25, 0.3) is 0 Å². The molecule has 0 amide bonds. The maximum atomic E-state index is 12.4. The molecule has 1 rings (SSSR count). The quantitative estimate of drug-likeness (QED) is 0.821. The summed E-state index contributed by atoms with van der Waals surface area (Å²) >= 11 is 0. The van der Waals surface area contributed by atoms with Crippen molar-refractivity contribution in [1.29, 1.82) is 0 Å². The van der Waals surface area contributed by atoms with E-state index in [1.54, 1.807) is 0 Å². The van der Waals surface area contributed by atoms with Crippen LogP contribution < -0.4 is 5.73 Å². The fourth-order valence-electron chi connectivity index (χ4n) is 1.24. The Morgan fingerprint density at radius 2 is 2.00 bits per heavy atom. The van der Waals surface area contributed by atoms with Crippen molar-refractivity contribution >= 4 is 11.7 Å². The molecular weight excluding hydrogens is 227 g/mol. The smallest absolute Gasteiger partial charge is 0.437 e. The van der Waals surface area contributed by atoms with Crippen molar-refractivity contribution in [2.24, 2.45) is 0 Å². The summed E-state index contributed by atoms with van der Waals surface area (Å²) in [7, 11) is 0. The van der Waals surface area contributed by atoms with Gasteiger partial charge in [0.05, 0.1) is 5.69 Å². The van der Waals surface area contributed by atoms with Gasteiger partial charge in [-0.25, -0.2) is 4.79 Å². The monoisotopic (exact) mass is 237 g/mol. The molecule has 16 heavy (non-hydrogen) atoms. The molecule has 0 spiro atoms. The molecular formula is C8H10F3N3O2. The number of nitrogens with zero attached hydrogens (tertiary/aromatic N) is 2. The second-order valence-electron chi connectivity index (χ2n) is 3.45. The van der Waals surface area contributed by atoms with Crippen LogP contribution in [0.5, 0.6) is 0 Å². The average Bonchev–Trinajstić information content (AvgIpc) is 2.41. The highest BCUT2D eigenvalue weighted by atomic mass is 19.4. The van der Waals surface area contributed by atoms with Gasteiger partial charge in [-0.2, -0.15) is 18.3 Å². The molecule has 0 fully saturated rings. The third kappa shape index (κ3) is 1.95. The number of aromatic nitrogens is 2. The number of rotatable bonds is 2. The average molecular weight is 237 g/mol. The first-order chi connectivity index (χ1) is 7.16. The number of carbonyl (C=O) groups is 1. The molecule has 0 aliphatic carbocycles. The largest absolute Gasteiger partial charge is 0.476 e. The molecule has 3 N–H and O–H groups in total. The summed E-state index contributed by atoms with van der Waals surface area (Å²) in [6.45, 7) is 3.03. The van der Waals surface area contributed by atoms with Crippen LogP contribution in [-0.2, 0) is 6.18 Å². The Kier molecular flexibility index (Phi) is 2.85. The summed E-state index contributed by atoms with van der Waals surface area (Å²) < 4.78 is 38.0. The van der Waals surface area contributed by atoms with Crippen LogP contribution in [0.25, 0.3) is 0 Å². The van der Waals surface area contributed by atoms with Crippen molar-refractivity contribution in [2.75, 3.05) is 5.73 Å². The Morgan fingerprint density at radius 3 is 2.25 bits per heavy atom. The van der Waals surface area contributed by atoms with Gasteiger partial charge < -0.3 is 10.8 Å². The zero-order valence-corrected chi connectivity index (χ0v) is 8.54. The van der Waals surface area contributed by atoms with Crippen LogP contribution in [0, 0.1) is 0 Å². The number of nitrogens with two attached hydrogens (primary N) is 1. The molecule has 1 aromatic heterocycles. The Labute approximate surface area is 88.7 Å². The van der Waals surface area contributed by atoms with Gasteiger partial charge in [0.2, 0.25) is 0 Å². The molecule has 1 aromatic rings. The zero-order valence-electron chi connectivity index (χ0n) is 8.54. The van der Waals surface area contributed by atoms with Crippen LogP contribution in [0.3, 0.4) is 0 Å². The van der Waals surface area contributed by atoms with Crippen LogP contribution in [0.2, 0.25) is 0 Å². The molecule has 0 aliphatic heterocycles. The number of nitrogen functional groups attached to an aromatic ring is 1. The van der Waals surface area contributed by atoms with Gasteiger partial charge in [0.15, 0.2) is 11.4 Å². The van der Waals surface area contributed by atoms with Crippen molar-refractivity contribution in [2.45, 2.75) is 26.1 Å². The van der Waals surface area contributed by atoms with Crippen molar-refractivity contribution in [1.82, 2.24) is 9.78 Å². The highest BCUT2D eigenvalue weighted by Gasteiger charge is 2.40. The van der Waals surface area contributed by atoms with Gasteiger partial charge in [0.1, 0.15) is 0 Å². The first-order valence-corrected chi connectivity index (χ1v) is 4.34. The molecule has 0 radical (unpaired) electrons. The summed E-state index contributed by atoms with van der Waals surface area (Å²) in [5, 5.41) is 12.0. The summed E-state index contributed by atoms with van der Waals surface area (Å²) in [6, 6.07) is -0.524. The van der Waals surface area contributed by atoms with Crippen LogP contribution in [0.4, 0.5) is 18.9 Å². The topological polar surface area (TPSA) is 81.1 Å². The molecule has 5 nitrogen and oxygen atoms in total. The summed E-state index contributed by atoms with van der Waals surface area (Å²) in [4.78, 5) is 10.8. The minimum Gasteiger partial charge on any atom is -0.476 e. The normalized spacial score (nSPS) is 12.1. The van der Waals surface area contributed by atoms with Gasteiger partial charge in [-0.15, -0.1) is 0 Å². The van der Waals surface area contributed by atoms with Crippen LogP contribution >= 0.6 is 0 Å². The lowest BCUT2D eigenvalue weighted by atomic mass is 10.2. The second kappa shape index (κ2) is 3.69. The van der Waals surface area contributed by atoms with Gasteiger partial charge in [0, 0.05) is 6.04 Å². The fraction of sp³-hybridized carbons (Fsp3) is 0.500. The van der Waals surface area contributed by atoms with E-state index in [9.17, 15) is 18.0 Å². The van der Waals surface area contributed by atoms with E-state index in [0.717, 1.165) is 4.68 Å².